The zero-order chi connectivity index (χ0) is 9.00. The fourth-order valence-corrected chi connectivity index (χ4v) is 0. The van der Waals surface area contributed by atoms with Crippen molar-refractivity contribution in [1.29, 1.82) is 0 Å². The Kier molecular flexibility index (Phi) is 28.8. The molecule has 0 radical (unpaired) electrons. The molecule has 0 fully saturated rings. The summed E-state index contributed by atoms with van der Waals surface area (Å²) in [6.45, 7) is 0. The molecule has 0 aliphatic carbocycles. The second-order valence-corrected chi connectivity index (χ2v) is 6.00. The first-order valence-electron chi connectivity index (χ1n) is 1.46. The first-order chi connectivity index (χ1) is 4.00. The van der Waals surface area contributed by atoms with E-state index < -0.39 is 40.1 Å². The molecule has 0 rings (SSSR count). The average Bonchev–Trinajstić information content (AvgIpc) is 1.12. The topological polar surface area (TPSA) is 172 Å². The SMILES string of the molecule is [Cr+2].[Cr+2].[Cr+2].[O]=[Sb]([O-])([O-])[O-].[O]=[Sb]([O-])([O-])[O-]. The summed E-state index contributed by atoms with van der Waals surface area (Å²) in [7, 11) is 0. The monoisotopic (exact) mass is 526 g/mol. The maximum absolute atomic E-state index is 8.64. The van der Waals surface area contributed by atoms with Crippen LogP contribution in [0.2, 0.25) is 0 Å². The first-order valence-corrected chi connectivity index (χ1v) is 9.80. The summed E-state index contributed by atoms with van der Waals surface area (Å²) in [5, 5.41) is 0. The van der Waals surface area contributed by atoms with E-state index >= 15 is 0 Å². The van der Waals surface area contributed by atoms with Gasteiger partial charge in [0.2, 0.25) is 0 Å². The van der Waals surface area contributed by atoms with Gasteiger partial charge in [-0.05, 0) is 0 Å². The Morgan fingerprint density at radius 1 is 0.538 bits per heavy atom. The van der Waals surface area contributed by atoms with Crippen LogP contribution in [0.5, 0.6) is 0 Å². The Bertz CT molecular complexity index is 130. The van der Waals surface area contributed by atoms with Crippen molar-refractivity contribution in [2.24, 2.45) is 0 Å². The molecule has 0 aromatic heterocycles. The predicted octanol–water partition coefficient (Wildman–Crippen LogP) is -8.14. The average molecular weight is 528 g/mol. The molecule has 0 saturated heterocycles. The Hall–Kier alpha value is 2.59. The molecule has 0 spiro atoms. The summed E-state index contributed by atoms with van der Waals surface area (Å²) in [6, 6.07) is 0. The van der Waals surface area contributed by atoms with Crippen molar-refractivity contribution in [3.8, 4) is 0 Å². The Labute approximate surface area is 117 Å². The molecule has 13 heavy (non-hydrogen) atoms. The zero-order valence-corrected chi connectivity index (χ0v) is 14.3. The third kappa shape index (κ3) is 344. The molecule has 0 unspecified atom stereocenters. The number of rotatable bonds is 0. The maximum atomic E-state index is 8.64. The third-order valence-corrected chi connectivity index (χ3v) is 0. The molecule has 0 heterocycles. The molecule has 0 aromatic rings. The molecule has 0 aliphatic heterocycles. The van der Waals surface area contributed by atoms with E-state index in [1.54, 1.807) is 0 Å². The quantitative estimate of drug-likeness (QED) is 0.279. The molecular weight excluding hydrogens is 528 g/mol. The molecule has 0 amide bonds. The third-order valence-electron chi connectivity index (χ3n) is 0. The van der Waals surface area contributed by atoms with E-state index in [9.17, 15) is 0 Å². The molecule has 0 bridgehead atoms. The van der Waals surface area contributed by atoms with Crippen LogP contribution >= 0.6 is 0 Å². The van der Waals surface area contributed by atoms with E-state index in [-0.39, 0.29) is 52.1 Å². The summed E-state index contributed by atoms with van der Waals surface area (Å²) in [4.78, 5) is 0. The van der Waals surface area contributed by atoms with Crippen molar-refractivity contribution >= 4 is 40.1 Å². The van der Waals surface area contributed by atoms with Crippen molar-refractivity contribution in [3.05, 3.63) is 0 Å². The van der Waals surface area contributed by atoms with E-state index in [1.807, 2.05) is 0 Å². The van der Waals surface area contributed by atoms with Gasteiger partial charge in [0.15, 0.2) is 0 Å². The molecule has 0 N–H and O–H groups in total. The van der Waals surface area contributed by atoms with Gasteiger partial charge in [0.05, 0.1) is 0 Å². The van der Waals surface area contributed by atoms with Crippen molar-refractivity contribution in [2.45, 2.75) is 0 Å². The Balaban J connectivity index is -0.0000000267. The molecule has 0 aromatic carbocycles. The van der Waals surface area contributed by atoms with Gasteiger partial charge in [-0.15, -0.1) is 0 Å². The molecule has 0 saturated carbocycles. The van der Waals surface area contributed by atoms with Crippen LogP contribution in [0.15, 0.2) is 0 Å². The van der Waals surface area contributed by atoms with Crippen molar-refractivity contribution in [1.82, 2.24) is 0 Å². The fraction of sp³-hybridized carbons (Fsp3) is 0. The van der Waals surface area contributed by atoms with Gasteiger partial charge in [-0.3, -0.25) is 0 Å². The van der Waals surface area contributed by atoms with Crippen molar-refractivity contribution in [3.63, 3.8) is 0 Å². The van der Waals surface area contributed by atoms with Gasteiger partial charge in [-0.1, -0.05) is 0 Å². The van der Waals surface area contributed by atoms with Crippen molar-refractivity contribution in [2.75, 3.05) is 0 Å². The van der Waals surface area contributed by atoms with E-state index in [1.165, 1.54) is 0 Å². The van der Waals surface area contributed by atoms with Gasteiger partial charge in [-0.25, -0.2) is 0 Å². The Morgan fingerprint density at radius 3 is 0.538 bits per heavy atom. The predicted molar refractivity (Wildman–Crippen MR) is 12.9 cm³/mol. The van der Waals surface area contributed by atoms with Crippen LogP contribution in [-0.2, 0) is 58.1 Å². The Morgan fingerprint density at radius 2 is 0.538 bits per heavy atom. The molecule has 76 valence electrons. The van der Waals surface area contributed by atoms with Gasteiger partial charge in [-0.2, -0.15) is 0 Å². The second kappa shape index (κ2) is 12.7. The van der Waals surface area contributed by atoms with Crippen LogP contribution in [0.4, 0.5) is 0 Å². The molecule has 0 atom stereocenters. The van der Waals surface area contributed by atoms with Gasteiger partial charge in [0, 0.05) is 0 Å². The summed E-state index contributed by atoms with van der Waals surface area (Å²) in [6.07, 6.45) is 0. The fourth-order valence-electron chi connectivity index (χ4n) is 0. The van der Waals surface area contributed by atoms with E-state index in [2.05, 4.69) is 0 Å². The standard InChI is InChI=1S/3Cr.8O.2Sb/q3*+2;;;6*-1;;. The van der Waals surface area contributed by atoms with Crippen LogP contribution in [-0.4, -0.2) is 40.1 Å². The van der Waals surface area contributed by atoms with Crippen LogP contribution in [0.3, 0.4) is 0 Å². The van der Waals surface area contributed by atoms with Crippen LogP contribution in [0.1, 0.15) is 0 Å². The minimum absolute atomic E-state index is 0. The molecular formula is Cr3O8Sb2. The van der Waals surface area contributed by atoms with E-state index in [4.69, 9.17) is 26.3 Å². The van der Waals surface area contributed by atoms with Gasteiger partial charge in [0.1, 0.15) is 0 Å². The van der Waals surface area contributed by atoms with E-state index in [0.29, 0.717) is 0 Å². The van der Waals surface area contributed by atoms with Gasteiger partial charge >= 0.3 is 119 Å². The summed E-state index contributed by atoms with van der Waals surface area (Å²) in [5.74, 6) is 0. The summed E-state index contributed by atoms with van der Waals surface area (Å²) >= 11 is -12.2. The molecule has 0 aliphatic rings. The van der Waals surface area contributed by atoms with Crippen LogP contribution < -0.4 is 20.3 Å². The second-order valence-electron chi connectivity index (χ2n) is 0.894. The summed E-state index contributed by atoms with van der Waals surface area (Å²) in [5.41, 5.74) is 0. The number of hydrogen-bond acceptors (Lipinski definition) is 8. The van der Waals surface area contributed by atoms with E-state index in [0.717, 1.165) is 0 Å². The van der Waals surface area contributed by atoms with Crippen LogP contribution in [0, 0.1) is 0 Å². The number of hydrogen-bond donors (Lipinski definition) is 0. The van der Waals surface area contributed by atoms with Gasteiger partial charge < -0.3 is 0 Å². The summed E-state index contributed by atoms with van der Waals surface area (Å²) < 4.78 is 69.1. The van der Waals surface area contributed by atoms with Crippen LogP contribution in [0.25, 0.3) is 0 Å². The minimum atomic E-state index is -6.10. The van der Waals surface area contributed by atoms with Gasteiger partial charge in [0.25, 0.3) is 0 Å². The molecule has 13 heteroatoms. The van der Waals surface area contributed by atoms with Crippen molar-refractivity contribution < 1.29 is 78.4 Å². The zero-order valence-electron chi connectivity index (χ0n) is 5.39. The normalized spacial score (nSPS) is 9.08. The first kappa shape index (κ1) is 29.6. The molecule has 8 nitrogen and oxygen atoms in total.